The highest BCUT2D eigenvalue weighted by Gasteiger charge is 2.18. The molecule has 0 aliphatic heterocycles. The zero-order valence-electron chi connectivity index (χ0n) is 18.0. The van der Waals surface area contributed by atoms with Gasteiger partial charge in [0.15, 0.2) is 0 Å². The van der Waals surface area contributed by atoms with E-state index in [0.29, 0.717) is 17.7 Å². The van der Waals surface area contributed by atoms with Gasteiger partial charge in [0, 0.05) is 12.1 Å². The van der Waals surface area contributed by atoms with E-state index in [1.165, 1.54) is 18.2 Å². The number of carbonyl (C=O) groups excluding carboxylic acids is 2. The first kappa shape index (κ1) is 22.9. The second-order valence-electron chi connectivity index (χ2n) is 7.64. The topological polar surface area (TPSA) is 84.2 Å². The Bertz CT molecular complexity index is 1160. The number of hydrogen-bond acceptors (Lipinski definition) is 3. The lowest BCUT2D eigenvalue weighted by Gasteiger charge is -2.16. The number of primary amides is 1. The van der Waals surface area contributed by atoms with Gasteiger partial charge >= 0.3 is 0 Å². The van der Waals surface area contributed by atoms with Crippen molar-refractivity contribution in [2.75, 3.05) is 10.6 Å². The molecule has 166 valence electrons. The minimum Gasteiger partial charge on any atom is -0.366 e. The van der Waals surface area contributed by atoms with Gasteiger partial charge in [0.05, 0.1) is 16.9 Å². The third-order valence-corrected chi connectivity index (χ3v) is 4.91. The molecule has 0 aromatic heterocycles. The number of aryl methyl sites for hydroxylation is 1. The van der Waals surface area contributed by atoms with Crippen LogP contribution in [0.5, 0.6) is 0 Å². The summed E-state index contributed by atoms with van der Waals surface area (Å²) in [5, 5.41) is 5.61. The molecule has 0 atom stereocenters. The average Bonchev–Trinajstić information content (AvgIpc) is 2.70. The van der Waals surface area contributed by atoms with Gasteiger partial charge in [-0.1, -0.05) is 25.1 Å². The van der Waals surface area contributed by atoms with Gasteiger partial charge in [-0.15, -0.1) is 0 Å². The summed E-state index contributed by atoms with van der Waals surface area (Å²) in [5.41, 5.74) is 8.32. The number of carbonyl (C=O) groups is 2. The van der Waals surface area contributed by atoms with Gasteiger partial charge in [0.2, 0.25) is 5.91 Å². The molecule has 0 heterocycles. The highest BCUT2D eigenvalue weighted by Crippen LogP contribution is 2.29. The number of nitrogens with two attached hydrogens (primary N) is 1. The van der Waals surface area contributed by atoms with Crippen LogP contribution in [-0.4, -0.2) is 11.8 Å². The van der Waals surface area contributed by atoms with Crippen LogP contribution in [0.15, 0.2) is 54.6 Å². The fraction of sp³-hybridized carbons (Fsp3) is 0.200. The van der Waals surface area contributed by atoms with Crippen LogP contribution in [0.2, 0.25) is 0 Å². The Kier molecular flexibility index (Phi) is 7.20. The monoisotopic (exact) mass is 437 g/mol. The smallest absolute Gasteiger partial charge is 0.251 e. The van der Waals surface area contributed by atoms with Gasteiger partial charge in [0.25, 0.3) is 5.91 Å². The molecule has 0 radical (unpaired) electrons. The van der Waals surface area contributed by atoms with Gasteiger partial charge in [-0.25, -0.2) is 8.78 Å². The molecule has 2 amide bonds. The van der Waals surface area contributed by atoms with Gasteiger partial charge in [-0.05, 0) is 72.9 Å². The Hall–Kier alpha value is -3.74. The van der Waals surface area contributed by atoms with Gasteiger partial charge in [-0.3, -0.25) is 9.59 Å². The first-order valence-corrected chi connectivity index (χ1v) is 10.3. The van der Waals surface area contributed by atoms with E-state index in [1.54, 1.807) is 37.3 Å². The largest absolute Gasteiger partial charge is 0.366 e. The number of amides is 2. The second kappa shape index (κ2) is 10.0. The maximum atomic E-state index is 14.4. The summed E-state index contributed by atoms with van der Waals surface area (Å²) >= 11 is 0. The summed E-state index contributed by atoms with van der Waals surface area (Å²) < 4.78 is 28.7. The maximum absolute atomic E-state index is 14.4. The van der Waals surface area contributed by atoms with E-state index in [1.807, 2.05) is 6.92 Å². The van der Waals surface area contributed by atoms with E-state index in [9.17, 15) is 18.4 Å². The van der Waals surface area contributed by atoms with E-state index in [0.717, 1.165) is 23.6 Å². The zero-order valence-corrected chi connectivity index (χ0v) is 18.0. The molecule has 0 saturated heterocycles. The van der Waals surface area contributed by atoms with E-state index < -0.39 is 17.5 Å². The van der Waals surface area contributed by atoms with Crippen LogP contribution in [0.4, 0.5) is 25.8 Å². The van der Waals surface area contributed by atoms with Gasteiger partial charge in [0.1, 0.15) is 11.6 Å². The number of benzene rings is 3. The molecule has 0 aliphatic carbocycles. The van der Waals surface area contributed by atoms with Crippen LogP contribution in [0.25, 0.3) is 0 Å². The maximum Gasteiger partial charge on any atom is 0.251 e. The summed E-state index contributed by atoms with van der Waals surface area (Å²) in [6, 6.07) is 14.0. The summed E-state index contributed by atoms with van der Waals surface area (Å²) in [6.07, 6.45) is 1.33. The normalized spacial score (nSPS) is 10.6. The molecule has 7 heteroatoms. The first-order chi connectivity index (χ1) is 15.3. The fourth-order valence-corrected chi connectivity index (χ4v) is 3.49. The quantitative estimate of drug-likeness (QED) is 0.438. The summed E-state index contributed by atoms with van der Waals surface area (Å²) in [4.78, 5) is 24.1. The fourth-order valence-electron chi connectivity index (χ4n) is 3.49. The molecule has 32 heavy (non-hydrogen) atoms. The predicted molar refractivity (Wildman–Crippen MR) is 122 cm³/mol. The molecule has 0 aliphatic rings. The summed E-state index contributed by atoms with van der Waals surface area (Å²) in [5.74, 6) is -1.98. The third kappa shape index (κ3) is 5.69. The highest BCUT2D eigenvalue weighted by atomic mass is 19.1. The number of nitrogens with one attached hydrogen (secondary N) is 2. The van der Waals surface area contributed by atoms with Crippen molar-refractivity contribution in [2.45, 2.75) is 33.1 Å². The molecule has 0 fully saturated rings. The van der Waals surface area contributed by atoms with E-state index >= 15 is 0 Å². The van der Waals surface area contributed by atoms with Crippen molar-refractivity contribution >= 4 is 28.9 Å². The van der Waals surface area contributed by atoms with Crippen molar-refractivity contribution in [1.82, 2.24) is 0 Å². The van der Waals surface area contributed by atoms with Crippen molar-refractivity contribution in [3.8, 4) is 0 Å². The van der Waals surface area contributed by atoms with Crippen molar-refractivity contribution in [1.29, 1.82) is 0 Å². The number of anilines is 3. The molecular formula is C25H25F2N3O2. The third-order valence-electron chi connectivity index (χ3n) is 4.91. The SMILES string of the molecule is CCCC(=O)Nc1cccc(Cc2cc(F)cc(Nc3ccc(C)cc3F)c2C(N)=O)c1. The van der Waals surface area contributed by atoms with Crippen LogP contribution in [0.1, 0.15) is 46.8 Å². The van der Waals surface area contributed by atoms with Gasteiger partial charge in [-0.2, -0.15) is 0 Å². The van der Waals surface area contributed by atoms with Crippen molar-refractivity contribution in [3.05, 3.63) is 88.5 Å². The Morgan fingerprint density at radius 3 is 2.47 bits per heavy atom. The summed E-state index contributed by atoms with van der Waals surface area (Å²) in [7, 11) is 0. The Labute approximate surface area is 185 Å². The van der Waals surface area contributed by atoms with Crippen molar-refractivity contribution < 1.29 is 18.4 Å². The minimum absolute atomic E-state index is 0.0757. The molecule has 0 unspecified atom stereocenters. The standard InChI is InChI=1S/C25H25F2N3O2/c1-3-5-23(31)29-19-7-4-6-16(12-19)11-17-13-18(26)14-22(24(17)25(28)32)30-21-9-8-15(2)10-20(21)27/h4,6-10,12-14,30H,3,5,11H2,1-2H3,(H2,28,32)(H,29,31). The highest BCUT2D eigenvalue weighted by molar-refractivity contribution is 6.01. The number of rotatable bonds is 8. The average molecular weight is 437 g/mol. The molecular weight excluding hydrogens is 412 g/mol. The minimum atomic E-state index is -0.762. The molecule has 5 nitrogen and oxygen atoms in total. The lowest BCUT2D eigenvalue weighted by Crippen LogP contribution is -2.17. The molecule has 3 rings (SSSR count). The Morgan fingerprint density at radius 2 is 1.78 bits per heavy atom. The van der Waals surface area contributed by atoms with Crippen LogP contribution in [-0.2, 0) is 11.2 Å². The van der Waals surface area contributed by atoms with Crippen LogP contribution in [0, 0.1) is 18.6 Å². The molecule has 3 aromatic rings. The van der Waals surface area contributed by atoms with Gasteiger partial charge < -0.3 is 16.4 Å². The van der Waals surface area contributed by atoms with Crippen LogP contribution >= 0.6 is 0 Å². The first-order valence-electron chi connectivity index (χ1n) is 10.3. The Balaban J connectivity index is 1.95. The van der Waals surface area contributed by atoms with Crippen LogP contribution in [0.3, 0.4) is 0 Å². The van der Waals surface area contributed by atoms with E-state index in [-0.39, 0.29) is 29.3 Å². The van der Waals surface area contributed by atoms with Crippen LogP contribution < -0.4 is 16.4 Å². The Morgan fingerprint density at radius 1 is 1.00 bits per heavy atom. The van der Waals surface area contributed by atoms with Crippen molar-refractivity contribution in [3.63, 3.8) is 0 Å². The molecule has 0 saturated carbocycles. The summed E-state index contributed by atoms with van der Waals surface area (Å²) in [6.45, 7) is 3.67. The molecule has 0 spiro atoms. The molecule has 4 N–H and O–H groups in total. The predicted octanol–water partition coefficient (Wildman–Crippen LogP) is 5.45. The molecule has 0 bridgehead atoms. The second-order valence-corrected chi connectivity index (χ2v) is 7.64. The number of hydrogen-bond donors (Lipinski definition) is 3. The van der Waals surface area contributed by atoms with E-state index in [2.05, 4.69) is 10.6 Å². The number of halogens is 2. The lowest BCUT2D eigenvalue weighted by atomic mass is 9.97. The van der Waals surface area contributed by atoms with Crippen molar-refractivity contribution in [2.24, 2.45) is 5.73 Å². The molecule has 3 aromatic carbocycles. The lowest BCUT2D eigenvalue weighted by molar-refractivity contribution is -0.116. The zero-order chi connectivity index (χ0) is 23.3. The van der Waals surface area contributed by atoms with E-state index in [4.69, 9.17) is 5.73 Å².